The number of aryl methyl sites for hydroxylation is 1. The van der Waals surface area contributed by atoms with Gasteiger partial charge in [-0.15, -0.1) is 0 Å². The second-order valence-corrected chi connectivity index (χ2v) is 6.19. The molecule has 126 valence electrons. The van der Waals surface area contributed by atoms with E-state index in [-0.39, 0.29) is 17.5 Å². The van der Waals surface area contributed by atoms with Crippen molar-refractivity contribution in [2.75, 3.05) is 20.1 Å². The maximum atomic E-state index is 12.6. The van der Waals surface area contributed by atoms with Crippen LogP contribution in [0.4, 0.5) is 0 Å². The molecule has 3 heterocycles. The quantitative estimate of drug-likeness (QED) is 0.899. The molecule has 0 saturated carbocycles. The fourth-order valence-corrected chi connectivity index (χ4v) is 3.04. The van der Waals surface area contributed by atoms with E-state index >= 15 is 0 Å². The van der Waals surface area contributed by atoms with Gasteiger partial charge in [0, 0.05) is 48.8 Å². The summed E-state index contributed by atoms with van der Waals surface area (Å²) in [7, 11) is 2.02. The normalized spacial score (nSPS) is 17.5. The molecule has 7 heteroatoms. The summed E-state index contributed by atoms with van der Waals surface area (Å²) < 4.78 is 0. The Morgan fingerprint density at radius 2 is 2.12 bits per heavy atom. The highest BCUT2D eigenvalue weighted by Crippen LogP contribution is 2.18. The van der Waals surface area contributed by atoms with Gasteiger partial charge in [0.05, 0.1) is 6.54 Å². The summed E-state index contributed by atoms with van der Waals surface area (Å²) in [6.07, 6.45) is 4.36. The van der Waals surface area contributed by atoms with Crippen LogP contribution in [0.5, 0.6) is 0 Å². The maximum Gasteiger partial charge on any atom is 0.254 e. The highest BCUT2D eigenvalue weighted by molar-refractivity contribution is 5.94. The Hall–Kier alpha value is -2.54. The van der Waals surface area contributed by atoms with Crippen LogP contribution in [0, 0.1) is 6.92 Å². The second kappa shape index (κ2) is 6.92. The first kappa shape index (κ1) is 16.3. The molecule has 2 aromatic heterocycles. The fourth-order valence-electron chi connectivity index (χ4n) is 3.04. The van der Waals surface area contributed by atoms with E-state index in [1.165, 1.54) is 6.07 Å². The zero-order valence-electron chi connectivity index (χ0n) is 13.9. The van der Waals surface area contributed by atoms with E-state index in [4.69, 9.17) is 0 Å². The second-order valence-electron chi connectivity index (χ2n) is 6.19. The SMILES string of the molecule is Cc1cc(C(=O)N2CC[C@@H](N(C)Cc3ncccn3)C2)cc(=O)[nH]1. The van der Waals surface area contributed by atoms with Gasteiger partial charge >= 0.3 is 0 Å². The van der Waals surface area contributed by atoms with E-state index in [1.54, 1.807) is 36.4 Å². The van der Waals surface area contributed by atoms with Crippen LogP contribution in [0.3, 0.4) is 0 Å². The van der Waals surface area contributed by atoms with E-state index in [2.05, 4.69) is 19.9 Å². The van der Waals surface area contributed by atoms with E-state index in [0.717, 1.165) is 12.2 Å². The number of hydrogen-bond acceptors (Lipinski definition) is 5. The molecule has 24 heavy (non-hydrogen) atoms. The minimum absolute atomic E-state index is 0.0870. The number of carbonyl (C=O) groups excluding carboxylic acids is 1. The minimum Gasteiger partial charge on any atom is -0.337 e. The van der Waals surface area contributed by atoms with Gasteiger partial charge in [0.1, 0.15) is 5.82 Å². The van der Waals surface area contributed by atoms with Crippen LogP contribution in [0.1, 0.15) is 28.3 Å². The Labute approximate surface area is 140 Å². The van der Waals surface area contributed by atoms with Crippen LogP contribution in [-0.2, 0) is 6.54 Å². The first-order valence-corrected chi connectivity index (χ1v) is 7.99. The molecule has 3 rings (SSSR count). The lowest BCUT2D eigenvalue weighted by molar-refractivity contribution is 0.0779. The largest absolute Gasteiger partial charge is 0.337 e. The van der Waals surface area contributed by atoms with Crippen molar-refractivity contribution in [1.29, 1.82) is 0 Å². The Morgan fingerprint density at radius 1 is 1.38 bits per heavy atom. The smallest absolute Gasteiger partial charge is 0.254 e. The summed E-state index contributed by atoms with van der Waals surface area (Å²) in [5.74, 6) is 0.686. The first-order chi connectivity index (χ1) is 11.5. The molecule has 1 N–H and O–H groups in total. The van der Waals surface area contributed by atoms with Crippen LogP contribution in [-0.4, -0.2) is 56.8 Å². The zero-order chi connectivity index (χ0) is 17.1. The van der Waals surface area contributed by atoms with Crippen LogP contribution in [0.15, 0.2) is 35.4 Å². The summed E-state index contributed by atoms with van der Waals surface area (Å²) in [6.45, 7) is 3.76. The number of rotatable bonds is 4. The molecule has 1 aliphatic heterocycles. The number of nitrogens with zero attached hydrogens (tertiary/aromatic N) is 4. The number of likely N-dealkylation sites (N-methyl/N-ethyl adjacent to an activating group) is 1. The Morgan fingerprint density at radius 3 is 2.83 bits per heavy atom. The molecule has 1 amide bonds. The molecule has 1 fully saturated rings. The van der Waals surface area contributed by atoms with Crippen molar-refractivity contribution < 1.29 is 4.79 Å². The molecule has 7 nitrogen and oxygen atoms in total. The van der Waals surface area contributed by atoms with Crippen molar-refractivity contribution in [3.63, 3.8) is 0 Å². The molecule has 1 saturated heterocycles. The van der Waals surface area contributed by atoms with Crippen LogP contribution in [0.2, 0.25) is 0 Å². The van der Waals surface area contributed by atoms with Gasteiger partial charge in [0.25, 0.3) is 5.91 Å². The molecular weight excluding hydrogens is 306 g/mol. The third-order valence-electron chi connectivity index (χ3n) is 4.31. The zero-order valence-corrected chi connectivity index (χ0v) is 13.9. The van der Waals surface area contributed by atoms with Gasteiger partial charge in [-0.2, -0.15) is 0 Å². The molecular formula is C17H21N5O2. The highest BCUT2D eigenvalue weighted by Gasteiger charge is 2.29. The summed E-state index contributed by atoms with van der Waals surface area (Å²) in [5.41, 5.74) is 0.901. The fraction of sp³-hybridized carbons (Fsp3) is 0.412. The Bertz CT molecular complexity index is 774. The predicted molar refractivity (Wildman–Crippen MR) is 89.6 cm³/mol. The number of aromatic amines is 1. The molecule has 0 bridgehead atoms. The number of hydrogen-bond donors (Lipinski definition) is 1. The molecule has 0 aliphatic carbocycles. The van der Waals surface area contributed by atoms with Crippen molar-refractivity contribution in [3.8, 4) is 0 Å². The lowest BCUT2D eigenvalue weighted by atomic mass is 10.2. The third kappa shape index (κ3) is 3.68. The number of H-pyrrole nitrogens is 1. The molecule has 1 atom stereocenters. The highest BCUT2D eigenvalue weighted by atomic mass is 16.2. The first-order valence-electron chi connectivity index (χ1n) is 7.99. The maximum absolute atomic E-state index is 12.6. The summed E-state index contributed by atoms with van der Waals surface area (Å²) in [6, 6.07) is 5.15. The average Bonchev–Trinajstić information content (AvgIpc) is 3.04. The molecule has 0 radical (unpaired) electrons. The van der Waals surface area contributed by atoms with Gasteiger partial charge in [0.15, 0.2) is 0 Å². The number of amides is 1. The van der Waals surface area contributed by atoms with E-state index in [0.29, 0.717) is 30.9 Å². The van der Waals surface area contributed by atoms with E-state index in [1.807, 2.05) is 7.05 Å². The van der Waals surface area contributed by atoms with Gasteiger partial charge in [0.2, 0.25) is 5.56 Å². The van der Waals surface area contributed by atoms with E-state index in [9.17, 15) is 9.59 Å². The van der Waals surface area contributed by atoms with Crippen molar-refractivity contribution in [2.45, 2.75) is 25.9 Å². The molecule has 0 spiro atoms. The Kier molecular flexibility index (Phi) is 4.71. The lowest BCUT2D eigenvalue weighted by Crippen LogP contribution is -2.36. The standard InChI is InChI=1S/C17H21N5O2/c1-12-8-13(9-16(23)20-12)17(24)22-7-4-14(10-22)21(2)11-15-18-5-3-6-19-15/h3,5-6,8-9,14H,4,7,10-11H2,1-2H3,(H,20,23)/t14-/m1/s1. The van der Waals surface area contributed by atoms with Gasteiger partial charge in [-0.25, -0.2) is 9.97 Å². The molecule has 0 unspecified atom stereocenters. The summed E-state index contributed by atoms with van der Waals surface area (Å²) in [5, 5.41) is 0. The van der Waals surface area contributed by atoms with Crippen molar-refractivity contribution >= 4 is 5.91 Å². The predicted octanol–water partition coefficient (Wildman–Crippen LogP) is 0.820. The minimum atomic E-state index is -0.243. The molecule has 2 aromatic rings. The van der Waals surface area contributed by atoms with Gasteiger partial charge < -0.3 is 9.88 Å². The monoisotopic (exact) mass is 327 g/mol. The summed E-state index contributed by atoms with van der Waals surface area (Å²) in [4.78, 5) is 39.3. The average molecular weight is 327 g/mol. The van der Waals surface area contributed by atoms with Gasteiger partial charge in [-0.05, 0) is 32.5 Å². The van der Waals surface area contributed by atoms with Crippen molar-refractivity contribution in [2.24, 2.45) is 0 Å². The summed E-state index contributed by atoms with van der Waals surface area (Å²) >= 11 is 0. The molecule has 1 aliphatic rings. The number of nitrogens with one attached hydrogen (secondary N) is 1. The molecule has 0 aromatic carbocycles. The van der Waals surface area contributed by atoms with Crippen LogP contribution in [0.25, 0.3) is 0 Å². The lowest BCUT2D eigenvalue weighted by Gasteiger charge is -2.24. The number of likely N-dealkylation sites (tertiary alicyclic amines) is 1. The van der Waals surface area contributed by atoms with Crippen LogP contribution < -0.4 is 5.56 Å². The van der Waals surface area contributed by atoms with Crippen LogP contribution >= 0.6 is 0 Å². The third-order valence-corrected chi connectivity index (χ3v) is 4.31. The van der Waals surface area contributed by atoms with Crippen molar-refractivity contribution in [1.82, 2.24) is 24.8 Å². The van der Waals surface area contributed by atoms with Gasteiger partial charge in [-0.1, -0.05) is 0 Å². The van der Waals surface area contributed by atoms with Gasteiger partial charge in [-0.3, -0.25) is 14.5 Å². The van der Waals surface area contributed by atoms with Crippen molar-refractivity contribution in [3.05, 3.63) is 58.0 Å². The topological polar surface area (TPSA) is 82.2 Å². The Balaban J connectivity index is 1.64. The number of aromatic nitrogens is 3. The number of pyridine rings is 1. The van der Waals surface area contributed by atoms with E-state index < -0.39 is 0 Å². The number of carbonyl (C=O) groups is 1.